The number of fused-ring (bicyclic) bond motifs is 2. The van der Waals surface area contributed by atoms with Crippen LogP contribution >= 0.6 is 22.7 Å². The molecule has 6 rings (SSSR count). The van der Waals surface area contributed by atoms with E-state index in [-0.39, 0.29) is 12.2 Å². The summed E-state index contributed by atoms with van der Waals surface area (Å²) >= 11 is 2.87. The molecule has 1 aliphatic rings. The standard InChI is InChI=1S/C31H27N3O3S2/c1-4-37-30(36)27-19(2)32-31-34(28(27)25-15-10-16-38-25)29(35)26(39-31)17-23-20(3)33(18-21-11-6-5-7-12-21)24-14-9-8-13-22(23)24/h5-17,28H,4,18H2,1-3H3. The van der Waals surface area contributed by atoms with Crippen LogP contribution in [-0.4, -0.2) is 21.7 Å². The SMILES string of the molecule is CCOC(=O)C1=C(C)N=c2sc(=Cc3c(C)n(Cc4ccccc4)c4ccccc34)c(=O)n2C1c1cccs1. The highest BCUT2D eigenvalue weighted by atomic mass is 32.1. The fourth-order valence-electron chi connectivity index (χ4n) is 5.25. The highest BCUT2D eigenvalue weighted by Crippen LogP contribution is 2.33. The number of nitrogens with zero attached hydrogens (tertiary/aromatic N) is 3. The van der Waals surface area contributed by atoms with E-state index in [2.05, 4.69) is 47.9 Å². The molecule has 1 atom stereocenters. The average molecular weight is 554 g/mol. The number of ether oxygens (including phenoxy) is 1. The van der Waals surface area contributed by atoms with Crippen LogP contribution in [-0.2, 0) is 16.1 Å². The van der Waals surface area contributed by atoms with E-state index in [1.807, 2.05) is 48.7 Å². The number of thiazole rings is 1. The first-order chi connectivity index (χ1) is 19.0. The van der Waals surface area contributed by atoms with Crippen LogP contribution in [0.3, 0.4) is 0 Å². The molecule has 0 N–H and O–H groups in total. The Morgan fingerprint density at radius 1 is 1.05 bits per heavy atom. The van der Waals surface area contributed by atoms with Gasteiger partial charge in [0, 0.05) is 33.6 Å². The fourth-order valence-corrected chi connectivity index (χ4v) is 7.10. The average Bonchev–Trinajstić information content (AvgIpc) is 3.64. The third-order valence-corrected chi connectivity index (χ3v) is 8.98. The number of rotatable bonds is 6. The molecule has 6 nitrogen and oxygen atoms in total. The number of carbonyl (C=O) groups is 1. The minimum Gasteiger partial charge on any atom is -0.463 e. The maximum atomic E-state index is 14.0. The summed E-state index contributed by atoms with van der Waals surface area (Å²) in [7, 11) is 0. The highest BCUT2D eigenvalue weighted by molar-refractivity contribution is 7.10. The molecule has 0 saturated carbocycles. The highest BCUT2D eigenvalue weighted by Gasteiger charge is 2.34. The third kappa shape index (κ3) is 4.39. The lowest BCUT2D eigenvalue weighted by molar-refractivity contribution is -0.139. The lowest BCUT2D eigenvalue weighted by Gasteiger charge is -2.23. The van der Waals surface area contributed by atoms with Gasteiger partial charge in [0.1, 0.15) is 6.04 Å². The number of aromatic nitrogens is 2. The van der Waals surface area contributed by atoms with Gasteiger partial charge < -0.3 is 9.30 Å². The van der Waals surface area contributed by atoms with Gasteiger partial charge in [0.25, 0.3) is 5.56 Å². The van der Waals surface area contributed by atoms with Crippen LogP contribution in [0.2, 0.25) is 0 Å². The topological polar surface area (TPSA) is 65.6 Å². The number of allylic oxidation sites excluding steroid dienone is 1. The van der Waals surface area contributed by atoms with Gasteiger partial charge in [0.05, 0.1) is 22.4 Å². The summed E-state index contributed by atoms with van der Waals surface area (Å²) in [5.41, 5.74) is 5.26. The number of hydrogen-bond acceptors (Lipinski definition) is 6. The van der Waals surface area contributed by atoms with Crippen molar-refractivity contribution < 1.29 is 9.53 Å². The van der Waals surface area contributed by atoms with E-state index < -0.39 is 12.0 Å². The van der Waals surface area contributed by atoms with Crippen LogP contribution in [0, 0.1) is 6.92 Å². The molecule has 2 aromatic carbocycles. The van der Waals surface area contributed by atoms with Gasteiger partial charge in [-0.3, -0.25) is 9.36 Å². The molecule has 0 fully saturated rings. The molecule has 3 aromatic heterocycles. The Morgan fingerprint density at radius 3 is 2.56 bits per heavy atom. The Hall–Kier alpha value is -4.01. The van der Waals surface area contributed by atoms with Gasteiger partial charge in [-0.05, 0) is 49.9 Å². The molecule has 4 heterocycles. The monoisotopic (exact) mass is 553 g/mol. The quantitative estimate of drug-likeness (QED) is 0.273. The van der Waals surface area contributed by atoms with E-state index in [9.17, 15) is 9.59 Å². The van der Waals surface area contributed by atoms with Gasteiger partial charge in [0.15, 0.2) is 4.80 Å². The number of thiophene rings is 1. The van der Waals surface area contributed by atoms with Crippen LogP contribution in [0.5, 0.6) is 0 Å². The van der Waals surface area contributed by atoms with Crippen molar-refractivity contribution in [3.05, 3.63) is 125 Å². The molecular formula is C31H27N3O3S2. The van der Waals surface area contributed by atoms with Crippen LogP contribution in [0.15, 0.2) is 93.2 Å². The number of benzene rings is 2. The zero-order valence-corrected chi connectivity index (χ0v) is 23.5. The number of carbonyl (C=O) groups excluding carboxylic acids is 1. The van der Waals surface area contributed by atoms with E-state index in [0.717, 1.165) is 33.6 Å². The van der Waals surface area contributed by atoms with Gasteiger partial charge in [-0.2, -0.15) is 0 Å². The maximum Gasteiger partial charge on any atom is 0.338 e. The number of para-hydroxylation sites is 1. The third-order valence-electron chi connectivity index (χ3n) is 7.07. The van der Waals surface area contributed by atoms with Crippen molar-refractivity contribution in [2.24, 2.45) is 4.99 Å². The van der Waals surface area contributed by atoms with Crippen molar-refractivity contribution in [1.82, 2.24) is 9.13 Å². The minimum absolute atomic E-state index is 0.161. The van der Waals surface area contributed by atoms with E-state index in [1.54, 1.807) is 11.5 Å². The molecule has 196 valence electrons. The lowest BCUT2D eigenvalue weighted by atomic mass is 10.0. The van der Waals surface area contributed by atoms with Gasteiger partial charge in [-0.1, -0.05) is 65.9 Å². The molecule has 1 aliphatic heterocycles. The summed E-state index contributed by atoms with van der Waals surface area (Å²) in [4.78, 5) is 33.2. The Bertz CT molecular complexity index is 1910. The zero-order chi connectivity index (χ0) is 27.1. The molecule has 0 bridgehead atoms. The van der Waals surface area contributed by atoms with Crippen molar-refractivity contribution in [3.63, 3.8) is 0 Å². The summed E-state index contributed by atoms with van der Waals surface area (Å²) in [6, 6.07) is 22.0. The summed E-state index contributed by atoms with van der Waals surface area (Å²) in [6.45, 7) is 6.68. The second kappa shape index (κ2) is 10.3. The largest absolute Gasteiger partial charge is 0.463 e. The van der Waals surface area contributed by atoms with Crippen molar-refractivity contribution >= 4 is 45.6 Å². The normalized spacial score (nSPS) is 15.5. The molecule has 8 heteroatoms. The smallest absolute Gasteiger partial charge is 0.338 e. The predicted molar refractivity (Wildman–Crippen MR) is 157 cm³/mol. The summed E-state index contributed by atoms with van der Waals surface area (Å²) in [6.07, 6.45) is 1.98. The number of hydrogen-bond donors (Lipinski definition) is 0. The van der Waals surface area contributed by atoms with E-state index >= 15 is 0 Å². The predicted octanol–water partition coefficient (Wildman–Crippen LogP) is 5.17. The van der Waals surface area contributed by atoms with Crippen molar-refractivity contribution in [3.8, 4) is 0 Å². The Kier molecular flexibility index (Phi) is 6.66. The van der Waals surface area contributed by atoms with E-state index in [1.165, 1.54) is 28.2 Å². The molecule has 0 aliphatic carbocycles. The van der Waals surface area contributed by atoms with Crippen LogP contribution in [0.4, 0.5) is 0 Å². The first-order valence-electron chi connectivity index (χ1n) is 12.8. The Balaban J connectivity index is 1.54. The van der Waals surface area contributed by atoms with Crippen molar-refractivity contribution in [2.75, 3.05) is 6.61 Å². The molecule has 5 aromatic rings. The summed E-state index contributed by atoms with van der Waals surface area (Å²) < 4.78 is 9.91. The van der Waals surface area contributed by atoms with Gasteiger partial charge in [-0.25, -0.2) is 9.79 Å². The zero-order valence-electron chi connectivity index (χ0n) is 21.9. The van der Waals surface area contributed by atoms with E-state index in [4.69, 9.17) is 9.73 Å². The maximum absolute atomic E-state index is 14.0. The first kappa shape index (κ1) is 25.3. The second-order valence-corrected chi connectivity index (χ2v) is 11.4. The molecule has 1 unspecified atom stereocenters. The van der Waals surface area contributed by atoms with Gasteiger partial charge in [-0.15, -0.1) is 11.3 Å². The van der Waals surface area contributed by atoms with E-state index in [0.29, 0.717) is 20.6 Å². The number of esters is 1. The fraction of sp³-hybridized carbons (Fsp3) is 0.194. The lowest BCUT2D eigenvalue weighted by Crippen LogP contribution is -2.39. The molecule has 0 radical (unpaired) electrons. The summed E-state index contributed by atoms with van der Waals surface area (Å²) in [5, 5.41) is 3.05. The molecule has 39 heavy (non-hydrogen) atoms. The van der Waals surface area contributed by atoms with Crippen LogP contribution < -0.4 is 14.9 Å². The van der Waals surface area contributed by atoms with Crippen LogP contribution in [0.1, 0.15) is 41.6 Å². The van der Waals surface area contributed by atoms with Gasteiger partial charge >= 0.3 is 5.97 Å². The molecular weight excluding hydrogens is 526 g/mol. The Labute approximate surface area is 233 Å². The molecule has 0 spiro atoms. The molecule has 0 saturated heterocycles. The van der Waals surface area contributed by atoms with Gasteiger partial charge in [0.2, 0.25) is 0 Å². The Morgan fingerprint density at radius 2 is 1.82 bits per heavy atom. The van der Waals surface area contributed by atoms with Crippen molar-refractivity contribution in [2.45, 2.75) is 33.4 Å². The minimum atomic E-state index is -0.567. The second-order valence-electron chi connectivity index (χ2n) is 9.41. The summed E-state index contributed by atoms with van der Waals surface area (Å²) in [5.74, 6) is -0.439. The van der Waals surface area contributed by atoms with Crippen molar-refractivity contribution in [1.29, 1.82) is 0 Å². The van der Waals surface area contributed by atoms with Crippen LogP contribution in [0.25, 0.3) is 17.0 Å². The molecule has 0 amide bonds. The first-order valence-corrected chi connectivity index (χ1v) is 14.5.